The molecule has 2 aliphatic rings. The topological polar surface area (TPSA) is 28.2 Å². The summed E-state index contributed by atoms with van der Waals surface area (Å²) in [6.07, 6.45) is 4.05. The van der Waals surface area contributed by atoms with Crippen LogP contribution in [0.5, 0.6) is 0 Å². The molecule has 1 aliphatic heterocycles. The van der Waals surface area contributed by atoms with E-state index in [1.54, 1.807) is 0 Å². The van der Waals surface area contributed by atoms with Gasteiger partial charge in [-0.15, -0.1) is 0 Å². The van der Waals surface area contributed by atoms with Crippen LogP contribution in [0.2, 0.25) is 0 Å². The summed E-state index contributed by atoms with van der Waals surface area (Å²) in [4.78, 5) is 7.29. The molecule has 1 atom stereocenters. The van der Waals surface area contributed by atoms with E-state index in [1.165, 1.54) is 36.9 Å². The van der Waals surface area contributed by atoms with Crippen molar-refractivity contribution >= 4 is 16.6 Å². The van der Waals surface area contributed by atoms with Gasteiger partial charge < -0.3 is 10.2 Å². The van der Waals surface area contributed by atoms with Crippen molar-refractivity contribution in [2.45, 2.75) is 32.2 Å². The molecule has 1 aromatic carbocycles. The van der Waals surface area contributed by atoms with Crippen LogP contribution in [0.1, 0.15) is 25.0 Å². The van der Waals surface area contributed by atoms with Crippen LogP contribution >= 0.6 is 0 Å². The summed E-state index contributed by atoms with van der Waals surface area (Å²) in [5.41, 5.74) is 3.57. The van der Waals surface area contributed by atoms with Crippen molar-refractivity contribution < 1.29 is 0 Å². The second-order valence-corrected chi connectivity index (χ2v) is 6.58. The van der Waals surface area contributed by atoms with Gasteiger partial charge >= 0.3 is 0 Å². The Labute approximate surface area is 126 Å². The Morgan fingerprint density at radius 3 is 2.95 bits per heavy atom. The summed E-state index contributed by atoms with van der Waals surface area (Å²) < 4.78 is 0. The van der Waals surface area contributed by atoms with E-state index >= 15 is 0 Å². The predicted molar refractivity (Wildman–Crippen MR) is 87.8 cm³/mol. The third-order valence-corrected chi connectivity index (χ3v) is 4.74. The van der Waals surface area contributed by atoms with Crippen molar-refractivity contribution in [1.82, 2.24) is 10.3 Å². The minimum absolute atomic E-state index is 0.783. The number of para-hydroxylation sites is 1. The Hall–Kier alpha value is -1.61. The van der Waals surface area contributed by atoms with E-state index in [1.807, 2.05) is 0 Å². The first kappa shape index (κ1) is 13.1. The molecule has 2 fully saturated rings. The van der Waals surface area contributed by atoms with Crippen LogP contribution in [0.25, 0.3) is 10.9 Å². The number of rotatable bonds is 4. The Morgan fingerprint density at radius 2 is 2.10 bits per heavy atom. The zero-order valence-corrected chi connectivity index (χ0v) is 12.7. The summed E-state index contributed by atoms with van der Waals surface area (Å²) in [7, 11) is 0. The van der Waals surface area contributed by atoms with E-state index in [0.29, 0.717) is 0 Å². The molecule has 3 nitrogen and oxygen atoms in total. The largest absolute Gasteiger partial charge is 0.369 e. The number of pyridine rings is 1. The number of aromatic nitrogens is 1. The van der Waals surface area contributed by atoms with E-state index in [9.17, 15) is 0 Å². The molecule has 2 heterocycles. The van der Waals surface area contributed by atoms with Crippen molar-refractivity contribution in [3.8, 4) is 0 Å². The van der Waals surface area contributed by atoms with Gasteiger partial charge in [0.1, 0.15) is 0 Å². The molecule has 110 valence electrons. The summed E-state index contributed by atoms with van der Waals surface area (Å²) in [6.45, 7) is 5.57. The molecule has 1 aromatic heterocycles. The van der Waals surface area contributed by atoms with E-state index in [2.05, 4.69) is 47.5 Å². The van der Waals surface area contributed by atoms with Crippen LogP contribution in [-0.2, 0) is 0 Å². The zero-order valence-electron chi connectivity index (χ0n) is 12.7. The van der Waals surface area contributed by atoms with Crippen molar-refractivity contribution in [1.29, 1.82) is 0 Å². The number of nitrogens with zero attached hydrogens (tertiary/aromatic N) is 2. The number of hydrogen-bond acceptors (Lipinski definition) is 3. The van der Waals surface area contributed by atoms with E-state index in [-0.39, 0.29) is 0 Å². The van der Waals surface area contributed by atoms with Gasteiger partial charge in [0.2, 0.25) is 0 Å². The third kappa shape index (κ3) is 2.75. The second-order valence-electron chi connectivity index (χ2n) is 6.58. The smallest absolute Gasteiger partial charge is 0.0938 e. The highest BCUT2D eigenvalue weighted by Gasteiger charge is 2.27. The predicted octanol–water partition coefficient (Wildman–Crippen LogP) is 3.12. The lowest BCUT2D eigenvalue weighted by Gasteiger charge is -2.20. The van der Waals surface area contributed by atoms with Gasteiger partial charge in [-0.05, 0) is 50.8 Å². The molecule has 1 saturated heterocycles. The van der Waals surface area contributed by atoms with Crippen LogP contribution in [0, 0.1) is 12.8 Å². The SMILES string of the molecule is Cc1ccc2cccc(N3CCC(CNC4CC4)C3)c2n1. The van der Waals surface area contributed by atoms with Gasteiger partial charge in [0.25, 0.3) is 0 Å². The van der Waals surface area contributed by atoms with Gasteiger partial charge in [-0.2, -0.15) is 0 Å². The first-order chi connectivity index (χ1) is 10.3. The maximum atomic E-state index is 4.77. The Bertz CT molecular complexity index is 648. The van der Waals surface area contributed by atoms with Crippen LogP contribution < -0.4 is 10.2 Å². The van der Waals surface area contributed by atoms with Gasteiger partial charge in [0.15, 0.2) is 0 Å². The zero-order chi connectivity index (χ0) is 14.2. The third-order valence-electron chi connectivity index (χ3n) is 4.74. The maximum absolute atomic E-state index is 4.77. The van der Waals surface area contributed by atoms with Crippen LogP contribution in [0.15, 0.2) is 30.3 Å². The minimum Gasteiger partial charge on any atom is -0.369 e. The number of benzene rings is 1. The molecule has 0 radical (unpaired) electrons. The van der Waals surface area contributed by atoms with E-state index in [0.717, 1.165) is 36.3 Å². The molecule has 21 heavy (non-hydrogen) atoms. The molecule has 1 N–H and O–H groups in total. The number of hydrogen-bond donors (Lipinski definition) is 1. The van der Waals surface area contributed by atoms with Crippen LogP contribution in [0.3, 0.4) is 0 Å². The van der Waals surface area contributed by atoms with Crippen LogP contribution in [0.4, 0.5) is 5.69 Å². The van der Waals surface area contributed by atoms with E-state index in [4.69, 9.17) is 4.98 Å². The van der Waals surface area contributed by atoms with Crippen molar-refractivity contribution in [3.63, 3.8) is 0 Å². The number of aryl methyl sites for hydroxylation is 1. The number of nitrogens with one attached hydrogen (secondary N) is 1. The Kier molecular flexibility index (Phi) is 3.30. The molecule has 0 bridgehead atoms. The number of fused-ring (bicyclic) bond motifs is 1. The van der Waals surface area contributed by atoms with Gasteiger partial charge in [0.05, 0.1) is 11.2 Å². The van der Waals surface area contributed by atoms with Crippen molar-refractivity contribution in [3.05, 3.63) is 36.0 Å². The van der Waals surface area contributed by atoms with Gasteiger partial charge in [-0.25, -0.2) is 0 Å². The fourth-order valence-electron chi connectivity index (χ4n) is 3.32. The highest BCUT2D eigenvalue weighted by atomic mass is 15.2. The quantitative estimate of drug-likeness (QED) is 0.933. The Morgan fingerprint density at radius 1 is 1.19 bits per heavy atom. The summed E-state index contributed by atoms with van der Waals surface area (Å²) >= 11 is 0. The van der Waals surface area contributed by atoms with Crippen molar-refractivity contribution in [2.24, 2.45) is 5.92 Å². The number of anilines is 1. The lowest BCUT2D eigenvalue weighted by molar-refractivity contribution is 0.515. The summed E-state index contributed by atoms with van der Waals surface area (Å²) in [5.74, 6) is 0.783. The highest BCUT2D eigenvalue weighted by molar-refractivity contribution is 5.91. The average molecular weight is 281 g/mol. The summed E-state index contributed by atoms with van der Waals surface area (Å²) in [6, 6.07) is 11.6. The van der Waals surface area contributed by atoms with Gasteiger partial charge in [-0.1, -0.05) is 18.2 Å². The molecule has 1 saturated carbocycles. The van der Waals surface area contributed by atoms with Crippen LogP contribution in [-0.4, -0.2) is 30.7 Å². The van der Waals surface area contributed by atoms with Gasteiger partial charge in [-0.3, -0.25) is 4.98 Å². The molecule has 1 aliphatic carbocycles. The molecule has 4 rings (SSSR count). The molecule has 3 heteroatoms. The van der Waals surface area contributed by atoms with Crippen molar-refractivity contribution in [2.75, 3.05) is 24.5 Å². The minimum atomic E-state index is 0.783. The van der Waals surface area contributed by atoms with E-state index < -0.39 is 0 Å². The molecular weight excluding hydrogens is 258 g/mol. The normalized spacial score (nSPS) is 22.1. The lowest BCUT2D eigenvalue weighted by atomic mass is 10.1. The van der Waals surface area contributed by atoms with Gasteiger partial charge in [0, 0.05) is 30.2 Å². The second kappa shape index (κ2) is 5.30. The monoisotopic (exact) mass is 281 g/mol. The first-order valence-corrected chi connectivity index (χ1v) is 8.14. The molecular formula is C18H23N3. The average Bonchev–Trinajstić information content (AvgIpc) is 3.21. The fraction of sp³-hybridized carbons (Fsp3) is 0.500. The molecule has 0 spiro atoms. The molecule has 0 amide bonds. The maximum Gasteiger partial charge on any atom is 0.0938 e. The molecule has 2 aromatic rings. The standard InChI is InChI=1S/C18H23N3/c1-13-5-6-15-3-2-4-17(18(15)20-13)21-10-9-14(12-21)11-19-16-7-8-16/h2-6,14,16,19H,7-12H2,1H3. The summed E-state index contributed by atoms with van der Waals surface area (Å²) in [5, 5.41) is 4.92. The fourth-order valence-corrected chi connectivity index (χ4v) is 3.32. The first-order valence-electron chi connectivity index (χ1n) is 8.14. The Balaban J connectivity index is 1.54. The lowest BCUT2D eigenvalue weighted by Crippen LogP contribution is -2.27. The molecule has 1 unspecified atom stereocenters. The highest BCUT2D eigenvalue weighted by Crippen LogP contribution is 2.30.